The van der Waals surface area contributed by atoms with Crippen molar-refractivity contribution >= 4 is 48.1 Å². The van der Waals surface area contributed by atoms with E-state index in [0.29, 0.717) is 5.69 Å². The van der Waals surface area contributed by atoms with Crippen molar-refractivity contribution in [3.05, 3.63) is 48.0 Å². The van der Waals surface area contributed by atoms with Gasteiger partial charge in [-0.1, -0.05) is 17.7 Å². The van der Waals surface area contributed by atoms with Crippen molar-refractivity contribution in [1.29, 1.82) is 0 Å². The van der Waals surface area contributed by atoms with Gasteiger partial charge < -0.3 is 10.8 Å². The lowest BCUT2D eigenvalue weighted by Gasteiger charge is -2.12. The van der Waals surface area contributed by atoms with Crippen LogP contribution in [0, 0.1) is 6.92 Å². The number of hydrogen-bond donors (Lipinski definition) is 4. The minimum atomic E-state index is -4.85. The monoisotopic (exact) mass is 437 g/mol. The SMILES string of the molecule is Cc1ccc(N=Nc2c(S(=O)(=O)O)cc3cc(S(=O)(=O)O)cc(O)c3c2N)cc1. The number of phenols is 1. The maximum Gasteiger partial charge on any atom is 0.296 e. The molecule has 29 heavy (non-hydrogen) atoms. The average Bonchev–Trinajstić information content (AvgIpc) is 2.60. The molecule has 0 spiro atoms. The van der Waals surface area contributed by atoms with Crippen molar-refractivity contribution in [3.8, 4) is 5.75 Å². The summed E-state index contributed by atoms with van der Waals surface area (Å²) in [5, 5.41) is 17.6. The number of aromatic hydroxyl groups is 1. The molecule has 3 rings (SSSR count). The topological polar surface area (TPSA) is 180 Å². The third-order valence-corrected chi connectivity index (χ3v) is 5.74. The lowest BCUT2D eigenvalue weighted by Crippen LogP contribution is -2.03. The first kappa shape index (κ1) is 20.7. The Labute approximate surface area is 165 Å². The Morgan fingerprint density at radius 3 is 2.07 bits per heavy atom. The number of nitrogens with two attached hydrogens (primary N) is 1. The van der Waals surface area contributed by atoms with Gasteiger partial charge in [0.2, 0.25) is 0 Å². The molecular weight excluding hydrogens is 422 g/mol. The van der Waals surface area contributed by atoms with E-state index in [-0.39, 0.29) is 16.5 Å². The molecule has 0 saturated heterocycles. The van der Waals surface area contributed by atoms with Gasteiger partial charge in [0, 0.05) is 11.5 Å². The third kappa shape index (κ3) is 4.19. The Kier molecular flexibility index (Phi) is 5.04. The summed E-state index contributed by atoms with van der Waals surface area (Å²) in [5.41, 5.74) is 6.51. The van der Waals surface area contributed by atoms with Gasteiger partial charge in [0.25, 0.3) is 20.2 Å². The van der Waals surface area contributed by atoms with Crippen LogP contribution in [0.25, 0.3) is 10.8 Å². The number of aryl methyl sites for hydroxylation is 1. The molecule has 0 bridgehead atoms. The summed E-state index contributed by atoms with van der Waals surface area (Å²) >= 11 is 0. The molecule has 0 radical (unpaired) electrons. The molecule has 0 aliphatic carbocycles. The number of fused-ring (bicyclic) bond motifs is 1. The maximum absolute atomic E-state index is 11.8. The number of phenolic OH excluding ortho intramolecular Hbond substituents is 1. The van der Waals surface area contributed by atoms with E-state index in [1.807, 2.05) is 6.92 Å². The van der Waals surface area contributed by atoms with Crippen LogP contribution in [0.1, 0.15) is 5.56 Å². The summed E-state index contributed by atoms with van der Waals surface area (Å²) in [6.07, 6.45) is 0. The Morgan fingerprint density at radius 2 is 1.52 bits per heavy atom. The summed E-state index contributed by atoms with van der Waals surface area (Å²) in [5.74, 6) is -0.638. The van der Waals surface area contributed by atoms with Gasteiger partial charge in [0.15, 0.2) is 0 Å². The molecule has 12 heteroatoms. The van der Waals surface area contributed by atoms with Crippen molar-refractivity contribution in [2.75, 3.05) is 5.73 Å². The first-order valence-electron chi connectivity index (χ1n) is 7.90. The lowest BCUT2D eigenvalue weighted by molar-refractivity contribution is 0.471. The molecule has 0 aliphatic rings. The second-order valence-corrected chi connectivity index (χ2v) is 8.97. The molecule has 0 atom stereocenters. The summed E-state index contributed by atoms with van der Waals surface area (Å²) in [4.78, 5) is -1.43. The van der Waals surface area contributed by atoms with Crippen molar-refractivity contribution in [2.24, 2.45) is 10.2 Å². The van der Waals surface area contributed by atoms with Gasteiger partial charge in [0.1, 0.15) is 16.3 Å². The predicted octanol–water partition coefficient (Wildman–Crippen LogP) is 3.34. The molecule has 0 aliphatic heterocycles. The molecular formula is C17H15N3O7S2. The largest absolute Gasteiger partial charge is 0.507 e. The molecule has 0 aromatic heterocycles. The molecule has 5 N–H and O–H groups in total. The second-order valence-electron chi connectivity index (χ2n) is 6.16. The van der Waals surface area contributed by atoms with Gasteiger partial charge in [-0.3, -0.25) is 9.11 Å². The Morgan fingerprint density at radius 1 is 0.897 bits per heavy atom. The molecule has 0 amide bonds. The van der Waals surface area contributed by atoms with Crippen molar-refractivity contribution in [3.63, 3.8) is 0 Å². The molecule has 3 aromatic rings. The van der Waals surface area contributed by atoms with Crippen LogP contribution < -0.4 is 5.73 Å². The standard InChI is InChI=1S/C17H15N3O7S2/c1-9-2-4-11(5-3-9)19-20-17-14(29(25,26)27)7-10-6-12(28(22,23)24)8-13(21)15(10)16(17)18/h2-8,21H,18H2,1H3,(H,22,23,24)(H,25,26,27). The van der Waals surface area contributed by atoms with Gasteiger partial charge >= 0.3 is 0 Å². The number of hydrogen-bond acceptors (Lipinski definition) is 8. The molecule has 10 nitrogen and oxygen atoms in total. The van der Waals surface area contributed by atoms with Gasteiger partial charge in [-0.25, -0.2) is 0 Å². The van der Waals surface area contributed by atoms with E-state index in [4.69, 9.17) is 5.73 Å². The molecule has 0 heterocycles. The lowest BCUT2D eigenvalue weighted by atomic mass is 10.1. The summed E-state index contributed by atoms with van der Waals surface area (Å²) in [6, 6.07) is 9.28. The molecule has 0 fully saturated rings. The van der Waals surface area contributed by atoms with E-state index in [1.165, 1.54) is 0 Å². The van der Waals surface area contributed by atoms with Gasteiger partial charge in [-0.2, -0.15) is 21.9 Å². The van der Waals surface area contributed by atoms with E-state index in [2.05, 4.69) is 10.2 Å². The van der Waals surface area contributed by atoms with Crippen LogP contribution in [0.15, 0.2) is 62.5 Å². The highest BCUT2D eigenvalue weighted by Crippen LogP contribution is 2.42. The van der Waals surface area contributed by atoms with Crippen molar-refractivity contribution in [2.45, 2.75) is 16.7 Å². The van der Waals surface area contributed by atoms with Gasteiger partial charge in [0.05, 0.1) is 16.3 Å². The van der Waals surface area contributed by atoms with Gasteiger partial charge in [-0.15, -0.1) is 5.11 Å². The van der Waals surface area contributed by atoms with E-state index in [9.17, 15) is 31.0 Å². The number of azo groups is 1. The van der Waals surface area contributed by atoms with Crippen LogP contribution >= 0.6 is 0 Å². The van der Waals surface area contributed by atoms with E-state index in [1.54, 1.807) is 24.3 Å². The molecule has 152 valence electrons. The normalized spacial score (nSPS) is 12.7. The zero-order valence-electron chi connectivity index (χ0n) is 14.8. The van der Waals surface area contributed by atoms with E-state index >= 15 is 0 Å². The Balaban J connectivity index is 2.32. The van der Waals surface area contributed by atoms with Crippen LogP contribution in [0.3, 0.4) is 0 Å². The van der Waals surface area contributed by atoms with Crippen LogP contribution in [-0.4, -0.2) is 31.0 Å². The number of nitrogen functional groups attached to an aromatic ring is 1. The van der Waals surface area contributed by atoms with Crippen molar-refractivity contribution < 1.29 is 31.0 Å². The number of rotatable bonds is 4. The highest BCUT2D eigenvalue weighted by Gasteiger charge is 2.24. The Hall–Kier alpha value is -3.06. The minimum absolute atomic E-state index is 0.123. The van der Waals surface area contributed by atoms with Gasteiger partial charge in [-0.05, 0) is 36.6 Å². The second kappa shape index (κ2) is 7.08. The number of benzene rings is 3. The van der Waals surface area contributed by atoms with E-state index < -0.39 is 41.5 Å². The highest BCUT2D eigenvalue weighted by molar-refractivity contribution is 7.86. The summed E-state index contributed by atoms with van der Waals surface area (Å²) in [7, 11) is -9.54. The molecule has 0 saturated carbocycles. The van der Waals surface area contributed by atoms with Crippen LogP contribution in [0.4, 0.5) is 17.1 Å². The Bertz CT molecular complexity index is 1360. The molecule has 3 aromatic carbocycles. The van der Waals surface area contributed by atoms with E-state index in [0.717, 1.165) is 23.8 Å². The zero-order chi connectivity index (χ0) is 21.6. The van der Waals surface area contributed by atoms with Crippen LogP contribution in [0.5, 0.6) is 5.75 Å². The van der Waals surface area contributed by atoms with Crippen LogP contribution in [0.2, 0.25) is 0 Å². The molecule has 0 unspecified atom stereocenters. The fourth-order valence-electron chi connectivity index (χ4n) is 2.66. The predicted molar refractivity (Wildman–Crippen MR) is 105 cm³/mol. The first-order chi connectivity index (χ1) is 13.4. The summed E-state index contributed by atoms with van der Waals surface area (Å²) < 4.78 is 65.2. The number of anilines is 1. The third-order valence-electron chi connectivity index (χ3n) is 4.04. The summed E-state index contributed by atoms with van der Waals surface area (Å²) in [6.45, 7) is 1.86. The fourth-order valence-corrected chi connectivity index (χ4v) is 3.87. The fraction of sp³-hybridized carbons (Fsp3) is 0.0588. The van der Waals surface area contributed by atoms with Crippen LogP contribution in [-0.2, 0) is 20.2 Å². The maximum atomic E-state index is 11.8. The first-order valence-corrected chi connectivity index (χ1v) is 10.8. The quantitative estimate of drug-likeness (QED) is 0.272. The average molecular weight is 437 g/mol. The minimum Gasteiger partial charge on any atom is -0.507 e. The highest BCUT2D eigenvalue weighted by atomic mass is 32.2. The number of nitrogens with zero attached hydrogens (tertiary/aromatic N) is 2. The van der Waals surface area contributed by atoms with Crippen molar-refractivity contribution in [1.82, 2.24) is 0 Å². The zero-order valence-corrected chi connectivity index (χ0v) is 16.4. The smallest absolute Gasteiger partial charge is 0.296 e.